The minimum absolute atomic E-state index is 0.722. The number of furan rings is 1. The summed E-state index contributed by atoms with van der Waals surface area (Å²) in [5.41, 5.74) is 0. The van der Waals surface area contributed by atoms with E-state index in [9.17, 15) is 0 Å². The fraction of sp³-hybridized carbons (Fsp3) is 0.556. The Kier molecular flexibility index (Phi) is 9.00. The van der Waals surface area contributed by atoms with Gasteiger partial charge in [-0.2, -0.15) is 11.8 Å². The van der Waals surface area contributed by atoms with Gasteiger partial charge in [-0.05, 0) is 51.8 Å². The molecule has 0 saturated heterocycles. The second-order valence-electron chi connectivity index (χ2n) is 6.36. The number of rotatable bonds is 11. The molecular formula is C18H29N5OS2. The molecule has 0 saturated carbocycles. The van der Waals surface area contributed by atoms with E-state index in [-0.39, 0.29) is 0 Å². The lowest BCUT2D eigenvalue weighted by atomic mass is 10.4. The summed E-state index contributed by atoms with van der Waals surface area (Å²) in [5.74, 6) is 4.97. The Bertz CT molecular complexity index is 668. The van der Waals surface area contributed by atoms with Crippen LogP contribution >= 0.6 is 24.0 Å². The van der Waals surface area contributed by atoms with Crippen LogP contribution in [0, 0.1) is 6.92 Å². The average Bonchev–Trinajstić information content (AvgIpc) is 3.20. The zero-order valence-corrected chi connectivity index (χ0v) is 17.5. The number of thioether (sulfide) groups is 1. The van der Waals surface area contributed by atoms with Gasteiger partial charge in [0, 0.05) is 37.8 Å². The Morgan fingerprint density at radius 3 is 2.77 bits per heavy atom. The largest absolute Gasteiger partial charge is 0.464 e. The van der Waals surface area contributed by atoms with Crippen LogP contribution in [0.1, 0.15) is 23.8 Å². The number of nitrogens with zero attached hydrogens (tertiary/aromatic N) is 3. The van der Waals surface area contributed by atoms with Gasteiger partial charge in [-0.25, -0.2) is 4.98 Å². The van der Waals surface area contributed by atoms with Gasteiger partial charge in [0.2, 0.25) is 0 Å². The summed E-state index contributed by atoms with van der Waals surface area (Å²) < 4.78 is 7.95. The maximum absolute atomic E-state index is 5.80. The lowest BCUT2D eigenvalue weighted by Gasteiger charge is -2.11. The third kappa shape index (κ3) is 7.80. The monoisotopic (exact) mass is 395 g/mol. The van der Waals surface area contributed by atoms with Crippen LogP contribution in [-0.4, -0.2) is 52.5 Å². The van der Waals surface area contributed by atoms with Crippen molar-refractivity contribution in [1.29, 1.82) is 0 Å². The number of aryl methyl sites for hydroxylation is 2. The first-order valence-corrected chi connectivity index (χ1v) is 10.4. The number of aromatic nitrogens is 2. The number of hydrogen-bond donors (Lipinski definition) is 2. The molecule has 2 aromatic rings. The van der Waals surface area contributed by atoms with Gasteiger partial charge in [0.25, 0.3) is 0 Å². The van der Waals surface area contributed by atoms with Gasteiger partial charge in [0.05, 0.1) is 12.3 Å². The second kappa shape index (κ2) is 11.3. The van der Waals surface area contributed by atoms with Gasteiger partial charge in [-0.1, -0.05) is 0 Å². The van der Waals surface area contributed by atoms with Gasteiger partial charge < -0.3 is 24.5 Å². The fourth-order valence-electron chi connectivity index (χ4n) is 2.46. The Labute approximate surface area is 165 Å². The van der Waals surface area contributed by atoms with Crippen LogP contribution in [0.5, 0.6) is 0 Å². The molecule has 0 atom stereocenters. The van der Waals surface area contributed by atoms with Crippen LogP contribution < -0.4 is 10.6 Å². The summed E-state index contributed by atoms with van der Waals surface area (Å²) in [6, 6.07) is 4.12. The fourth-order valence-corrected chi connectivity index (χ4v) is 3.41. The summed E-state index contributed by atoms with van der Waals surface area (Å²) in [6.45, 7) is 5.52. The molecule has 2 heterocycles. The van der Waals surface area contributed by atoms with Gasteiger partial charge in [-0.15, -0.1) is 0 Å². The van der Waals surface area contributed by atoms with E-state index in [0.717, 1.165) is 66.6 Å². The van der Waals surface area contributed by atoms with E-state index in [4.69, 9.17) is 16.6 Å². The lowest BCUT2D eigenvalue weighted by Crippen LogP contribution is -2.37. The van der Waals surface area contributed by atoms with E-state index in [1.807, 2.05) is 45.2 Å². The van der Waals surface area contributed by atoms with Gasteiger partial charge in [-0.3, -0.25) is 0 Å². The number of hydrogen-bond acceptors (Lipinski definition) is 5. The molecule has 0 bridgehead atoms. The molecule has 2 N–H and O–H groups in total. The quantitative estimate of drug-likeness (QED) is 0.448. The van der Waals surface area contributed by atoms with Gasteiger partial charge >= 0.3 is 0 Å². The summed E-state index contributed by atoms with van der Waals surface area (Å²) in [4.78, 5) is 6.32. The minimum atomic E-state index is 0.722. The molecule has 0 unspecified atom stereocenters. The second-order valence-corrected chi connectivity index (χ2v) is 7.88. The molecule has 0 aliphatic rings. The smallest absolute Gasteiger partial charge is 0.166 e. The van der Waals surface area contributed by atoms with Crippen LogP contribution in [0.4, 0.5) is 0 Å². The average molecular weight is 396 g/mol. The Morgan fingerprint density at radius 1 is 1.27 bits per heavy atom. The molecule has 2 rings (SSSR count). The Balaban J connectivity index is 1.48. The highest BCUT2D eigenvalue weighted by atomic mass is 32.2. The normalized spacial score (nSPS) is 11.1. The molecule has 0 amide bonds. The zero-order chi connectivity index (χ0) is 18.8. The highest BCUT2D eigenvalue weighted by Gasteiger charge is 2.03. The minimum Gasteiger partial charge on any atom is -0.464 e. The third-order valence-electron chi connectivity index (χ3n) is 3.75. The topological polar surface area (TPSA) is 58.3 Å². The van der Waals surface area contributed by atoms with Crippen molar-refractivity contribution in [3.63, 3.8) is 0 Å². The first-order valence-electron chi connectivity index (χ1n) is 8.84. The molecule has 0 aliphatic heterocycles. The van der Waals surface area contributed by atoms with Crippen molar-refractivity contribution >= 4 is 29.1 Å². The Morgan fingerprint density at radius 2 is 2.04 bits per heavy atom. The van der Waals surface area contributed by atoms with Crippen molar-refractivity contribution in [3.05, 3.63) is 41.9 Å². The van der Waals surface area contributed by atoms with E-state index in [2.05, 4.69) is 37.2 Å². The van der Waals surface area contributed by atoms with Gasteiger partial charge in [0.15, 0.2) is 5.11 Å². The summed E-state index contributed by atoms with van der Waals surface area (Å²) in [5, 5.41) is 7.22. The first kappa shape index (κ1) is 20.8. The van der Waals surface area contributed by atoms with Crippen LogP contribution in [-0.2, 0) is 18.8 Å². The highest BCUT2D eigenvalue weighted by Crippen LogP contribution is 2.15. The van der Waals surface area contributed by atoms with Crippen LogP contribution in [0.15, 0.2) is 28.9 Å². The molecule has 2 aromatic heterocycles. The van der Waals surface area contributed by atoms with E-state index in [1.165, 1.54) is 0 Å². The van der Waals surface area contributed by atoms with Crippen molar-refractivity contribution < 1.29 is 4.42 Å². The van der Waals surface area contributed by atoms with Crippen molar-refractivity contribution in [2.75, 3.05) is 32.9 Å². The molecule has 144 valence electrons. The first-order chi connectivity index (χ1) is 12.5. The Hall–Kier alpha value is -1.51. The molecule has 0 aromatic carbocycles. The molecule has 8 heteroatoms. The SMILES string of the molecule is Cc1nccn1CCCNC(=S)NCCSCc1ccc(CN(C)C)o1. The molecule has 0 fully saturated rings. The molecule has 0 spiro atoms. The van der Waals surface area contributed by atoms with Crippen molar-refractivity contribution in [2.24, 2.45) is 0 Å². The molecule has 0 radical (unpaired) electrons. The van der Waals surface area contributed by atoms with E-state index in [0.29, 0.717) is 0 Å². The van der Waals surface area contributed by atoms with E-state index in [1.54, 1.807) is 0 Å². The standard InChI is InChI=1S/C18H29N5OS2/c1-15-19-8-11-23(15)10-4-7-20-18(25)21-9-12-26-14-17-6-5-16(24-17)13-22(2)3/h5-6,8,11H,4,7,9-10,12-14H2,1-3H3,(H2,20,21,25). The summed E-state index contributed by atoms with van der Waals surface area (Å²) in [6.07, 6.45) is 4.85. The predicted molar refractivity (Wildman–Crippen MR) is 112 cm³/mol. The number of imidazole rings is 1. The zero-order valence-electron chi connectivity index (χ0n) is 15.8. The maximum atomic E-state index is 5.80. The van der Waals surface area contributed by atoms with Crippen molar-refractivity contribution in [2.45, 2.75) is 32.2 Å². The number of nitrogens with one attached hydrogen (secondary N) is 2. The van der Waals surface area contributed by atoms with Crippen molar-refractivity contribution in [3.8, 4) is 0 Å². The predicted octanol–water partition coefficient (Wildman–Crippen LogP) is 2.63. The number of thiocarbonyl (C=S) groups is 1. The summed E-state index contributed by atoms with van der Waals surface area (Å²) in [7, 11) is 4.08. The van der Waals surface area contributed by atoms with Gasteiger partial charge in [0.1, 0.15) is 17.3 Å². The third-order valence-corrected chi connectivity index (χ3v) is 5.02. The highest BCUT2D eigenvalue weighted by molar-refractivity contribution is 7.98. The van der Waals surface area contributed by atoms with E-state index < -0.39 is 0 Å². The molecule has 0 aliphatic carbocycles. The van der Waals surface area contributed by atoms with E-state index >= 15 is 0 Å². The molecular weight excluding hydrogens is 366 g/mol. The van der Waals surface area contributed by atoms with Crippen LogP contribution in [0.25, 0.3) is 0 Å². The summed E-state index contributed by atoms with van der Waals surface area (Å²) >= 11 is 7.15. The van der Waals surface area contributed by atoms with Crippen LogP contribution in [0.2, 0.25) is 0 Å². The van der Waals surface area contributed by atoms with Crippen molar-refractivity contribution in [1.82, 2.24) is 25.1 Å². The molecule has 6 nitrogen and oxygen atoms in total. The molecule has 26 heavy (non-hydrogen) atoms. The maximum Gasteiger partial charge on any atom is 0.166 e. The van der Waals surface area contributed by atoms with Crippen LogP contribution in [0.3, 0.4) is 0 Å². The lowest BCUT2D eigenvalue weighted by molar-refractivity contribution is 0.344.